The molecule has 25 heavy (non-hydrogen) atoms. The third-order valence-corrected chi connectivity index (χ3v) is 4.42. The Hall–Kier alpha value is -2.11. The average Bonchev–Trinajstić information content (AvgIpc) is 3.04. The van der Waals surface area contributed by atoms with Crippen LogP contribution in [0.5, 0.6) is 11.5 Å². The predicted molar refractivity (Wildman–Crippen MR) is 97.8 cm³/mol. The van der Waals surface area contributed by atoms with Crippen molar-refractivity contribution in [3.05, 3.63) is 57.6 Å². The number of nitrogens with one attached hydrogen (secondary N) is 2. The molecule has 0 saturated carbocycles. The first-order chi connectivity index (χ1) is 12.1. The molecule has 0 fully saturated rings. The molecular formula is C18H18Cl2N2O3. The van der Waals surface area contributed by atoms with Crippen LogP contribution in [-0.4, -0.2) is 25.9 Å². The number of carbonyl (C=O) groups excluding carboxylic acids is 1. The predicted octanol–water partition coefficient (Wildman–Crippen LogP) is 3.81. The Morgan fingerprint density at radius 3 is 2.52 bits per heavy atom. The first kappa shape index (κ1) is 17.7. The highest BCUT2D eigenvalue weighted by atomic mass is 35.5. The Morgan fingerprint density at radius 1 is 0.960 bits per heavy atom. The van der Waals surface area contributed by atoms with Gasteiger partial charge in [0, 0.05) is 23.1 Å². The molecule has 0 bridgehead atoms. The zero-order valence-corrected chi connectivity index (χ0v) is 15.0. The summed E-state index contributed by atoms with van der Waals surface area (Å²) in [4.78, 5) is 11.8. The average molecular weight is 381 g/mol. The summed E-state index contributed by atoms with van der Waals surface area (Å²) in [6.45, 7) is 1.29. The minimum absolute atomic E-state index is 0.203. The number of carbonyl (C=O) groups is 1. The van der Waals surface area contributed by atoms with E-state index in [0.717, 1.165) is 22.6 Å². The second-order valence-electron chi connectivity index (χ2n) is 5.61. The second-order valence-corrected chi connectivity index (χ2v) is 6.45. The van der Waals surface area contributed by atoms with Crippen molar-refractivity contribution in [3.8, 4) is 11.5 Å². The fourth-order valence-electron chi connectivity index (χ4n) is 2.51. The molecule has 1 aliphatic rings. The maximum atomic E-state index is 11.8. The van der Waals surface area contributed by atoms with Crippen LogP contribution in [0.1, 0.15) is 11.1 Å². The zero-order valence-electron chi connectivity index (χ0n) is 13.5. The third kappa shape index (κ3) is 4.94. The van der Waals surface area contributed by atoms with E-state index < -0.39 is 0 Å². The molecule has 0 radical (unpaired) electrons. The Balaban J connectivity index is 1.37. The summed E-state index contributed by atoms with van der Waals surface area (Å²) in [7, 11) is 0. The van der Waals surface area contributed by atoms with Crippen molar-refractivity contribution < 1.29 is 14.3 Å². The molecule has 1 heterocycles. The SMILES string of the molecule is O=C(NCCc1ccc2c(c1)OCO2)NCCc1ccc(Cl)cc1Cl. The van der Waals surface area contributed by atoms with Crippen LogP contribution in [0.4, 0.5) is 4.79 Å². The quantitative estimate of drug-likeness (QED) is 0.800. The zero-order chi connectivity index (χ0) is 17.6. The molecule has 0 spiro atoms. The van der Waals surface area contributed by atoms with E-state index in [9.17, 15) is 4.79 Å². The Kier molecular flexibility index (Phi) is 5.89. The second kappa shape index (κ2) is 8.32. The number of rotatable bonds is 6. The third-order valence-electron chi connectivity index (χ3n) is 3.83. The van der Waals surface area contributed by atoms with E-state index in [1.807, 2.05) is 24.3 Å². The summed E-state index contributed by atoms with van der Waals surface area (Å²) >= 11 is 12.0. The monoisotopic (exact) mass is 380 g/mol. The molecule has 1 aliphatic heterocycles. The molecule has 132 valence electrons. The molecule has 0 atom stereocenters. The van der Waals surface area contributed by atoms with Gasteiger partial charge in [0.2, 0.25) is 6.79 Å². The number of benzene rings is 2. The number of urea groups is 1. The van der Waals surface area contributed by atoms with Gasteiger partial charge in [0.05, 0.1) is 0 Å². The molecule has 2 N–H and O–H groups in total. The lowest BCUT2D eigenvalue weighted by Gasteiger charge is -2.09. The van der Waals surface area contributed by atoms with Crippen LogP contribution in [-0.2, 0) is 12.8 Å². The van der Waals surface area contributed by atoms with Gasteiger partial charge in [0.1, 0.15) is 0 Å². The largest absolute Gasteiger partial charge is 0.454 e. The highest BCUT2D eigenvalue weighted by Gasteiger charge is 2.13. The van der Waals surface area contributed by atoms with E-state index in [1.54, 1.807) is 12.1 Å². The van der Waals surface area contributed by atoms with E-state index in [2.05, 4.69) is 10.6 Å². The van der Waals surface area contributed by atoms with Gasteiger partial charge in [-0.15, -0.1) is 0 Å². The number of halogens is 2. The van der Waals surface area contributed by atoms with Crippen LogP contribution in [0.3, 0.4) is 0 Å². The van der Waals surface area contributed by atoms with Crippen molar-refractivity contribution in [1.82, 2.24) is 10.6 Å². The Bertz CT molecular complexity index is 768. The fourth-order valence-corrected chi connectivity index (χ4v) is 3.02. The van der Waals surface area contributed by atoms with Gasteiger partial charge in [0.15, 0.2) is 11.5 Å². The van der Waals surface area contributed by atoms with Crippen LogP contribution >= 0.6 is 23.2 Å². The first-order valence-corrected chi connectivity index (χ1v) is 8.71. The molecule has 0 aliphatic carbocycles. The summed E-state index contributed by atoms with van der Waals surface area (Å²) < 4.78 is 10.6. The number of hydrogen-bond acceptors (Lipinski definition) is 3. The Morgan fingerprint density at radius 2 is 1.72 bits per heavy atom. The van der Waals surface area contributed by atoms with Crippen LogP contribution < -0.4 is 20.1 Å². The Labute approximate surface area is 156 Å². The molecule has 7 heteroatoms. The lowest BCUT2D eigenvalue weighted by molar-refractivity contribution is 0.174. The van der Waals surface area contributed by atoms with Crippen molar-refractivity contribution in [2.24, 2.45) is 0 Å². The minimum Gasteiger partial charge on any atom is -0.454 e. The highest BCUT2D eigenvalue weighted by molar-refractivity contribution is 6.35. The van der Waals surface area contributed by atoms with Crippen molar-refractivity contribution in [1.29, 1.82) is 0 Å². The van der Waals surface area contributed by atoms with E-state index in [-0.39, 0.29) is 12.8 Å². The van der Waals surface area contributed by atoms with Gasteiger partial charge in [-0.05, 0) is 48.2 Å². The molecule has 2 aromatic carbocycles. The smallest absolute Gasteiger partial charge is 0.314 e. The highest BCUT2D eigenvalue weighted by Crippen LogP contribution is 2.32. The molecular weight excluding hydrogens is 363 g/mol. The van der Waals surface area contributed by atoms with E-state index in [4.69, 9.17) is 32.7 Å². The number of fused-ring (bicyclic) bond motifs is 1. The van der Waals surface area contributed by atoms with Crippen LogP contribution in [0, 0.1) is 0 Å². The summed E-state index contributed by atoms with van der Waals surface area (Å²) in [5.74, 6) is 1.51. The van der Waals surface area contributed by atoms with E-state index in [0.29, 0.717) is 36.0 Å². The maximum absolute atomic E-state index is 11.8. The van der Waals surface area contributed by atoms with Crippen molar-refractivity contribution in [3.63, 3.8) is 0 Å². The molecule has 0 saturated heterocycles. The molecule has 5 nitrogen and oxygen atoms in total. The van der Waals surface area contributed by atoms with Crippen LogP contribution in [0.2, 0.25) is 10.0 Å². The standard InChI is InChI=1S/C18H18Cl2N2O3/c19-14-3-2-13(15(20)10-14)6-8-22-18(23)21-7-5-12-1-4-16-17(9-12)25-11-24-16/h1-4,9-10H,5-8,11H2,(H2,21,22,23). The maximum Gasteiger partial charge on any atom is 0.314 e. The molecule has 2 amide bonds. The number of ether oxygens (including phenoxy) is 2. The van der Waals surface area contributed by atoms with Crippen molar-refractivity contribution in [2.75, 3.05) is 19.9 Å². The lowest BCUT2D eigenvalue weighted by atomic mass is 10.1. The topological polar surface area (TPSA) is 59.6 Å². The summed E-state index contributed by atoms with van der Waals surface area (Å²) in [6.07, 6.45) is 1.36. The van der Waals surface area contributed by atoms with Gasteiger partial charge in [0.25, 0.3) is 0 Å². The molecule has 0 aromatic heterocycles. The fraction of sp³-hybridized carbons (Fsp3) is 0.278. The molecule has 0 unspecified atom stereocenters. The first-order valence-electron chi connectivity index (χ1n) is 7.96. The van der Waals surface area contributed by atoms with Crippen molar-refractivity contribution in [2.45, 2.75) is 12.8 Å². The van der Waals surface area contributed by atoms with Crippen molar-refractivity contribution >= 4 is 29.2 Å². The van der Waals surface area contributed by atoms with E-state index >= 15 is 0 Å². The van der Waals surface area contributed by atoms with Gasteiger partial charge in [-0.3, -0.25) is 0 Å². The summed E-state index contributed by atoms with van der Waals surface area (Å²) in [6, 6.07) is 10.9. The summed E-state index contributed by atoms with van der Waals surface area (Å²) in [5, 5.41) is 6.86. The minimum atomic E-state index is -0.203. The normalized spacial score (nSPS) is 12.1. The van der Waals surface area contributed by atoms with E-state index in [1.165, 1.54) is 0 Å². The number of hydrogen-bond donors (Lipinski definition) is 2. The lowest BCUT2D eigenvalue weighted by Crippen LogP contribution is -2.37. The van der Waals surface area contributed by atoms with Gasteiger partial charge < -0.3 is 20.1 Å². The summed E-state index contributed by atoms with van der Waals surface area (Å²) in [5.41, 5.74) is 2.03. The van der Waals surface area contributed by atoms with Crippen LogP contribution in [0.25, 0.3) is 0 Å². The van der Waals surface area contributed by atoms with Gasteiger partial charge in [-0.25, -0.2) is 4.79 Å². The van der Waals surface area contributed by atoms with Crippen LogP contribution in [0.15, 0.2) is 36.4 Å². The van der Waals surface area contributed by atoms with Gasteiger partial charge in [-0.2, -0.15) is 0 Å². The molecule has 2 aromatic rings. The number of amides is 2. The van der Waals surface area contributed by atoms with Gasteiger partial charge >= 0.3 is 6.03 Å². The molecule has 3 rings (SSSR count). The van der Waals surface area contributed by atoms with Gasteiger partial charge in [-0.1, -0.05) is 35.3 Å².